The fourth-order valence-electron chi connectivity index (χ4n) is 2.95. The molecule has 0 radical (unpaired) electrons. The smallest absolute Gasteiger partial charge is 0.338 e. The number of nitrogens with one attached hydrogen (secondary N) is 1. The first-order valence-corrected chi connectivity index (χ1v) is 9.12. The summed E-state index contributed by atoms with van der Waals surface area (Å²) < 4.78 is 10.8. The Morgan fingerprint density at radius 2 is 1.97 bits per heavy atom. The Hall–Kier alpha value is -4.11. The summed E-state index contributed by atoms with van der Waals surface area (Å²) in [7, 11) is 0. The number of esters is 1. The highest BCUT2D eigenvalue weighted by Crippen LogP contribution is 2.26. The zero-order valence-corrected chi connectivity index (χ0v) is 15.7. The van der Waals surface area contributed by atoms with Crippen LogP contribution < -0.4 is 0 Å². The third-order valence-electron chi connectivity index (χ3n) is 4.36. The molecule has 6 nitrogen and oxygen atoms in total. The summed E-state index contributed by atoms with van der Waals surface area (Å²) in [6.45, 7) is 2.10. The second kappa shape index (κ2) is 7.87. The Morgan fingerprint density at radius 3 is 2.69 bits per heavy atom. The largest absolute Gasteiger partial charge is 0.462 e. The number of carbonyl (C=O) groups is 1. The molecule has 0 saturated carbocycles. The van der Waals surface area contributed by atoms with Crippen molar-refractivity contribution in [3.8, 4) is 17.4 Å². The molecule has 142 valence electrons. The van der Waals surface area contributed by atoms with E-state index < -0.39 is 0 Å². The number of carbonyl (C=O) groups excluding carboxylic acids is 1. The molecular weight excluding hydrogens is 366 g/mol. The highest BCUT2D eigenvalue weighted by molar-refractivity contribution is 5.90. The normalized spacial score (nSPS) is 11.4. The van der Waals surface area contributed by atoms with E-state index in [9.17, 15) is 10.1 Å². The number of nitrogens with zero attached hydrogens (tertiary/aromatic N) is 2. The number of imidazole rings is 1. The Labute approximate surface area is 167 Å². The summed E-state index contributed by atoms with van der Waals surface area (Å²) in [4.78, 5) is 19.4. The Balaban J connectivity index is 1.59. The minimum absolute atomic E-state index is 0.334. The average Bonchev–Trinajstić information content (AvgIpc) is 3.39. The number of benzene rings is 2. The third kappa shape index (κ3) is 3.80. The predicted octanol–water partition coefficient (Wildman–Crippen LogP) is 5.06. The van der Waals surface area contributed by atoms with Gasteiger partial charge in [0, 0.05) is 11.6 Å². The first-order valence-electron chi connectivity index (χ1n) is 9.12. The Morgan fingerprint density at radius 1 is 1.17 bits per heavy atom. The van der Waals surface area contributed by atoms with Crippen molar-refractivity contribution in [3.63, 3.8) is 0 Å². The molecule has 2 heterocycles. The van der Waals surface area contributed by atoms with Gasteiger partial charge in [-0.15, -0.1) is 0 Å². The van der Waals surface area contributed by atoms with Crippen LogP contribution in [0.15, 0.2) is 65.1 Å². The van der Waals surface area contributed by atoms with Crippen LogP contribution in [0.1, 0.15) is 28.9 Å². The fraction of sp³-hybridized carbons (Fsp3) is 0.0870. The van der Waals surface area contributed by atoms with Crippen LogP contribution >= 0.6 is 0 Å². The maximum absolute atomic E-state index is 11.8. The van der Waals surface area contributed by atoms with E-state index in [0.717, 1.165) is 16.6 Å². The van der Waals surface area contributed by atoms with Crippen molar-refractivity contribution in [2.75, 3.05) is 6.61 Å². The molecule has 4 aromatic rings. The highest BCUT2D eigenvalue weighted by Gasteiger charge is 2.11. The summed E-state index contributed by atoms with van der Waals surface area (Å²) in [6, 6.07) is 20.3. The molecular formula is C23H17N3O3. The summed E-state index contributed by atoms with van der Waals surface area (Å²) >= 11 is 0. The lowest BCUT2D eigenvalue weighted by atomic mass is 10.1. The maximum atomic E-state index is 11.8. The van der Waals surface area contributed by atoms with E-state index in [1.807, 2.05) is 30.3 Å². The van der Waals surface area contributed by atoms with E-state index in [1.54, 1.807) is 43.3 Å². The van der Waals surface area contributed by atoms with Crippen LogP contribution in [0.25, 0.3) is 34.0 Å². The molecule has 2 aromatic carbocycles. The van der Waals surface area contributed by atoms with Gasteiger partial charge in [-0.25, -0.2) is 9.78 Å². The number of hydrogen-bond acceptors (Lipinski definition) is 5. The summed E-state index contributed by atoms with van der Waals surface area (Å²) in [5.74, 6) is 1.30. The standard InChI is InChI=1S/C23H17N3O3/c1-2-28-23(27)16-9-7-15(8-10-16)21-12-11-18(29-21)13-17(14-24)22-25-19-5-3-4-6-20(19)26-22/h3-13H,2H2,1H3,(H,25,26)/b17-13+. The van der Waals surface area contributed by atoms with Crippen LogP contribution in [0.5, 0.6) is 0 Å². The molecule has 0 atom stereocenters. The zero-order valence-electron chi connectivity index (χ0n) is 15.7. The lowest BCUT2D eigenvalue weighted by Crippen LogP contribution is -2.03. The van der Waals surface area contributed by atoms with Crippen LogP contribution in [0, 0.1) is 11.3 Å². The summed E-state index contributed by atoms with van der Waals surface area (Å²) in [5, 5.41) is 9.55. The van der Waals surface area contributed by atoms with Crippen molar-refractivity contribution in [1.82, 2.24) is 9.97 Å². The number of aromatic amines is 1. The topological polar surface area (TPSA) is 91.9 Å². The van der Waals surface area contributed by atoms with Gasteiger partial charge in [0.05, 0.1) is 28.8 Å². The number of rotatable bonds is 5. The molecule has 0 aliphatic carbocycles. The molecule has 6 heteroatoms. The molecule has 0 bridgehead atoms. The molecule has 0 unspecified atom stereocenters. The lowest BCUT2D eigenvalue weighted by molar-refractivity contribution is 0.0526. The molecule has 29 heavy (non-hydrogen) atoms. The quantitative estimate of drug-likeness (QED) is 0.384. The monoisotopic (exact) mass is 383 g/mol. The number of fused-ring (bicyclic) bond motifs is 1. The minimum atomic E-state index is -0.355. The Bertz CT molecular complexity index is 1210. The number of para-hydroxylation sites is 2. The molecule has 0 amide bonds. The minimum Gasteiger partial charge on any atom is -0.462 e. The summed E-state index contributed by atoms with van der Waals surface area (Å²) in [5.41, 5.74) is 3.34. The van der Waals surface area contributed by atoms with E-state index in [1.165, 1.54) is 0 Å². The second-order valence-corrected chi connectivity index (χ2v) is 6.27. The number of ether oxygens (including phenoxy) is 1. The molecule has 4 rings (SSSR count). The number of hydrogen-bond donors (Lipinski definition) is 1. The van der Waals surface area contributed by atoms with Crippen molar-refractivity contribution < 1.29 is 13.9 Å². The molecule has 1 N–H and O–H groups in total. The van der Waals surface area contributed by atoms with Gasteiger partial charge in [0.2, 0.25) is 0 Å². The molecule has 0 aliphatic rings. The van der Waals surface area contributed by atoms with Gasteiger partial charge in [-0.3, -0.25) is 0 Å². The van der Waals surface area contributed by atoms with Gasteiger partial charge in [-0.2, -0.15) is 5.26 Å². The van der Waals surface area contributed by atoms with E-state index in [4.69, 9.17) is 9.15 Å². The van der Waals surface area contributed by atoms with Gasteiger partial charge < -0.3 is 14.1 Å². The molecule has 0 aliphatic heterocycles. The van der Waals surface area contributed by atoms with Crippen molar-refractivity contribution in [1.29, 1.82) is 5.26 Å². The molecule has 2 aromatic heterocycles. The number of nitriles is 1. The van der Waals surface area contributed by atoms with Crippen LogP contribution in [0.2, 0.25) is 0 Å². The van der Waals surface area contributed by atoms with Crippen molar-refractivity contribution in [3.05, 3.63) is 77.8 Å². The number of furan rings is 1. The van der Waals surface area contributed by atoms with Gasteiger partial charge in [-0.05, 0) is 43.3 Å². The fourth-order valence-corrected chi connectivity index (χ4v) is 2.95. The third-order valence-corrected chi connectivity index (χ3v) is 4.36. The maximum Gasteiger partial charge on any atom is 0.338 e. The van der Waals surface area contributed by atoms with E-state index in [2.05, 4.69) is 16.0 Å². The average molecular weight is 383 g/mol. The number of H-pyrrole nitrogens is 1. The van der Waals surface area contributed by atoms with Crippen LogP contribution in [-0.4, -0.2) is 22.5 Å². The van der Waals surface area contributed by atoms with Gasteiger partial charge >= 0.3 is 5.97 Å². The van der Waals surface area contributed by atoms with Gasteiger partial charge in [0.15, 0.2) is 0 Å². The Kier molecular flexibility index (Phi) is 4.95. The van der Waals surface area contributed by atoms with Crippen molar-refractivity contribution in [2.45, 2.75) is 6.92 Å². The lowest BCUT2D eigenvalue weighted by Gasteiger charge is -2.02. The first-order chi connectivity index (χ1) is 14.2. The van der Waals surface area contributed by atoms with E-state index in [0.29, 0.717) is 35.1 Å². The van der Waals surface area contributed by atoms with Crippen LogP contribution in [0.4, 0.5) is 0 Å². The second-order valence-electron chi connectivity index (χ2n) is 6.27. The van der Waals surface area contributed by atoms with Gasteiger partial charge in [-0.1, -0.05) is 24.3 Å². The predicted molar refractivity (Wildman–Crippen MR) is 110 cm³/mol. The van der Waals surface area contributed by atoms with Gasteiger partial charge in [0.25, 0.3) is 0 Å². The number of aromatic nitrogens is 2. The first kappa shape index (κ1) is 18.3. The molecule has 0 saturated heterocycles. The van der Waals surface area contributed by atoms with Crippen molar-refractivity contribution in [2.24, 2.45) is 0 Å². The number of allylic oxidation sites excluding steroid dienone is 1. The van der Waals surface area contributed by atoms with Gasteiger partial charge in [0.1, 0.15) is 23.4 Å². The van der Waals surface area contributed by atoms with E-state index in [-0.39, 0.29) is 5.97 Å². The van der Waals surface area contributed by atoms with Crippen molar-refractivity contribution >= 4 is 28.7 Å². The molecule has 0 fully saturated rings. The van der Waals surface area contributed by atoms with Crippen LogP contribution in [-0.2, 0) is 4.74 Å². The molecule has 0 spiro atoms. The highest BCUT2D eigenvalue weighted by atomic mass is 16.5. The van der Waals surface area contributed by atoms with Crippen LogP contribution in [0.3, 0.4) is 0 Å². The summed E-state index contributed by atoms with van der Waals surface area (Å²) in [6.07, 6.45) is 1.65. The van der Waals surface area contributed by atoms with E-state index >= 15 is 0 Å². The SMILES string of the molecule is CCOC(=O)c1ccc(-c2ccc(/C=C(\C#N)c3nc4ccccc4[nH]3)o2)cc1. The zero-order chi connectivity index (χ0) is 20.2.